The number of aromatic nitrogens is 4. The first kappa shape index (κ1) is 26.9. The van der Waals surface area contributed by atoms with Gasteiger partial charge in [-0.1, -0.05) is 31.7 Å². The van der Waals surface area contributed by atoms with Gasteiger partial charge in [-0.15, -0.1) is 10.2 Å². The third kappa shape index (κ3) is 6.98. The number of carboxylic acids is 1. The van der Waals surface area contributed by atoms with Crippen LogP contribution >= 0.6 is 0 Å². The van der Waals surface area contributed by atoms with Crippen LogP contribution in [-0.2, 0) is 41.6 Å². The Morgan fingerprint density at radius 1 is 1.16 bits per heavy atom. The Balaban J connectivity index is 1.15. The number of aryl methyl sites for hydroxylation is 2. The highest BCUT2D eigenvalue weighted by Gasteiger charge is 2.40. The molecular weight excluding hydrogens is 489 g/mol. The quantitative estimate of drug-likeness (QED) is 0.384. The second-order valence-electron chi connectivity index (χ2n) is 9.83. The molecule has 0 saturated heterocycles. The third-order valence-corrected chi connectivity index (χ3v) is 7.07. The van der Waals surface area contributed by atoms with Crippen LogP contribution < -0.4 is 10.6 Å². The molecule has 0 radical (unpaired) electrons. The molecule has 2 unspecified atom stereocenters. The molecule has 2 aliphatic rings. The van der Waals surface area contributed by atoms with Crippen molar-refractivity contribution in [3.8, 4) is 0 Å². The van der Waals surface area contributed by atoms with E-state index in [-0.39, 0.29) is 25.2 Å². The van der Waals surface area contributed by atoms with E-state index in [4.69, 9.17) is 4.98 Å². The molecule has 1 amide bonds. The molecule has 2 aromatic heterocycles. The number of hydrogen-bond donors (Lipinski definition) is 3. The van der Waals surface area contributed by atoms with Crippen LogP contribution in [0, 0.1) is 5.92 Å². The van der Waals surface area contributed by atoms with Gasteiger partial charge in [0.15, 0.2) is 0 Å². The summed E-state index contributed by atoms with van der Waals surface area (Å²) in [5, 5.41) is 22.3. The Hall–Kier alpha value is -3.18. The zero-order valence-corrected chi connectivity index (χ0v) is 20.7. The van der Waals surface area contributed by atoms with Crippen molar-refractivity contribution in [1.82, 2.24) is 25.1 Å². The van der Waals surface area contributed by atoms with Crippen molar-refractivity contribution in [2.75, 3.05) is 11.9 Å². The summed E-state index contributed by atoms with van der Waals surface area (Å²) < 4.78 is 40.0. The Bertz CT molecular complexity index is 1100. The molecule has 2 aromatic rings. The van der Waals surface area contributed by atoms with E-state index in [9.17, 15) is 27.9 Å². The van der Waals surface area contributed by atoms with Crippen molar-refractivity contribution in [1.29, 1.82) is 0 Å². The minimum Gasteiger partial charge on any atom is -0.480 e. The van der Waals surface area contributed by atoms with E-state index < -0.39 is 35.8 Å². The van der Waals surface area contributed by atoms with E-state index in [2.05, 4.69) is 33.0 Å². The number of hydrogen-bond acceptors (Lipinski definition) is 6. The molecule has 37 heavy (non-hydrogen) atoms. The van der Waals surface area contributed by atoms with E-state index in [1.165, 1.54) is 5.56 Å². The van der Waals surface area contributed by atoms with Crippen molar-refractivity contribution in [2.24, 2.45) is 5.92 Å². The van der Waals surface area contributed by atoms with Gasteiger partial charge in [-0.3, -0.25) is 4.79 Å². The van der Waals surface area contributed by atoms with Crippen LogP contribution in [0.1, 0.15) is 74.3 Å². The maximum Gasteiger partial charge on any atom is 0.451 e. The van der Waals surface area contributed by atoms with Gasteiger partial charge in [0, 0.05) is 31.1 Å². The minimum absolute atomic E-state index is 0.00358. The van der Waals surface area contributed by atoms with Crippen LogP contribution in [0.5, 0.6) is 0 Å². The first-order chi connectivity index (χ1) is 17.7. The fourth-order valence-corrected chi connectivity index (χ4v) is 5.00. The van der Waals surface area contributed by atoms with Crippen LogP contribution in [0.3, 0.4) is 0 Å². The number of aliphatic carboxylic acids is 1. The Morgan fingerprint density at radius 3 is 2.73 bits per heavy atom. The van der Waals surface area contributed by atoms with Crippen molar-refractivity contribution in [2.45, 2.75) is 89.4 Å². The van der Waals surface area contributed by atoms with E-state index >= 15 is 0 Å². The monoisotopic (exact) mass is 522 g/mol. The molecule has 0 aromatic carbocycles. The first-order valence-corrected chi connectivity index (χ1v) is 13.0. The van der Waals surface area contributed by atoms with Gasteiger partial charge in [0.05, 0.1) is 0 Å². The standard InChI is InChI=1S/C25H33F3N6O3/c26-25(27,28)24-33-32-20-15-17(12-14-34(20)24)22(35)31-19(23(36)37)9-5-3-1-2-4-8-18-11-10-16-7-6-13-29-21(16)30-18/h10-11,17,19H,1-9,12-15H2,(H,29,30)(H,31,35)(H,36,37). The zero-order valence-electron chi connectivity index (χ0n) is 20.7. The molecule has 4 rings (SSSR count). The lowest BCUT2D eigenvalue weighted by atomic mass is 9.96. The SMILES string of the molecule is O=C(NC(CCCCCCCc1ccc2c(n1)NCCC2)C(=O)O)C1CCn2c(nnc2C(F)(F)F)C1. The lowest BCUT2D eigenvalue weighted by molar-refractivity contribution is -0.148. The lowest BCUT2D eigenvalue weighted by Crippen LogP contribution is -2.45. The normalized spacial score (nSPS) is 17.9. The van der Waals surface area contributed by atoms with Gasteiger partial charge in [-0.05, 0) is 50.2 Å². The van der Waals surface area contributed by atoms with Crippen LogP contribution in [0.2, 0.25) is 0 Å². The van der Waals surface area contributed by atoms with E-state index in [1.807, 2.05) is 0 Å². The lowest BCUT2D eigenvalue weighted by Gasteiger charge is -2.25. The maximum absolute atomic E-state index is 13.0. The summed E-state index contributed by atoms with van der Waals surface area (Å²) >= 11 is 0. The molecule has 0 aliphatic carbocycles. The molecule has 2 aliphatic heterocycles. The molecule has 3 N–H and O–H groups in total. The van der Waals surface area contributed by atoms with Gasteiger partial charge in [-0.25, -0.2) is 9.78 Å². The Kier molecular flexibility index (Phi) is 8.65. The number of anilines is 1. The average molecular weight is 523 g/mol. The number of fused-ring (bicyclic) bond motifs is 2. The number of nitrogens with one attached hydrogen (secondary N) is 2. The fourth-order valence-electron chi connectivity index (χ4n) is 5.00. The van der Waals surface area contributed by atoms with Gasteiger partial charge < -0.3 is 20.3 Å². The van der Waals surface area contributed by atoms with Crippen LogP contribution in [-0.4, -0.2) is 49.3 Å². The first-order valence-electron chi connectivity index (χ1n) is 13.0. The number of carbonyl (C=O) groups excluding carboxylic acids is 1. The van der Waals surface area contributed by atoms with Gasteiger partial charge >= 0.3 is 12.1 Å². The number of amides is 1. The molecule has 202 valence electrons. The molecule has 9 nitrogen and oxygen atoms in total. The predicted octanol–water partition coefficient (Wildman–Crippen LogP) is 3.77. The topological polar surface area (TPSA) is 122 Å². The Labute approximate surface area is 213 Å². The molecule has 0 spiro atoms. The number of nitrogens with zero attached hydrogens (tertiary/aromatic N) is 4. The summed E-state index contributed by atoms with van der Waals surface area (Å²) in [4.78, 5) is 29.0. The summed E-state index contributed by atoms with van der Waals surface area (Å²) in [7, 11) is 0. The smallest absolute Gasteiger partial charge is 0.451 e. The predicted molar refractivity (Wildman–Crippen MR) is 129 cm³/mol. The van der Waals surface area contributed by atoms with Gasteiger partial charge in [0.2, 0.25) is 11.7 Å². The molecule has 4 heterocycles. The molecule has 12 heteroatoms. The highest BCUT2D eigenvalue weighted by atomic mass is 19.4. The molecule has 0 saturated carbocycles. The van der Waals surface area contributed by atoms with Gasteiger partial charge in [0.25, 0.3) is 0 Å². The fraction of sp³-hybridized carbons (Fsp3) is 0.640. The number of carboxylic acid groups (broad SMARTS) is 1. The minimum atomic E-state index is -4.61. The number of unbranched alkanes of at least 4 members (excludes halogenated alkanes) is 4. The van der Waals surface area contributed by atoms with Crippen molar-refractivity contribution < 1.29 is 27.9 Å². The van der Waals surface area contributed by atoms with Crippen LogP contribution in [0.15, 0.2) is 12.1 Å². The Morgan fingerprint density at radius 2 is 1.95 bits per heavy atom. The molecule has 0 bridgehead atoms. The van der Waals surface area contributed by atoms with Crippen molar-refractivity contribution in [3.63, 3.8) is 0 Å². The summed E-state index contributed by atoms with van der Waals surface area (Å²) in [5.41, 5.74) is 2.36. The van der Waals surface area contributed by atoms with Crippen LogP contribution in [0.25, 0.3) is 0 Å². The highest BCUT2D eigenvalue weighted by Crippen LogP contribution is 2.31. The summed E-state index contributed by atoms with van der Waals surface area (Å²) in [6.45, 7) is 0.929. The molecule has 0 fully saturated rings. The number of carbonyl (C=O) groups is 2. The van der Waals surface area contributed by atoms with E-state index in [1.54, 1.807) is 0 Å². The van der Waals surface area contributed by atoms with Crippen molar-refractivity contribution >= 4 is 17.7 Å². The molecular formula is C25H33F3N6O3. The van der Waals surface area contributed by atoms with Gasteiger partial charge in [-0.2, -0.15) is 13.2 Å². The number of rotatable bonds is 11. The largest absolute Gasteiger partial charge is 0.480 e. The zero-order chi connectivity index (χ0) is 26.4. The summed E-state index contributed by atoms with van der Waals surface area (Å²) in [6.07, 6.45) is 3.47. The number of alkyl halides is 3. The van der Waals surface area contributed by atoms with E-state index in [0.717, 1.165) is 67.6 Å². The third-order valence-electron chi connectivity index (χ3n) is 7.07. The van der Waals surface area contributed by atoms with E-state index in [0.29, 0.717) is 12.8 Å². The average Bonchev–Trinajstić information content (AvgIpc) is 3.31. The molecule has 2 atom stereocenters. The highest BCUT2D eigenvalue weighted by molar-refractivity contribution is 5.85. The summed E-state index contributed by atoms with van der Waals surface area (Å²) in [6, 6.07) is 3.23. The number of pyridine rings is 1. The number of halogens is 3. The maximum atomic E-state index is 13.0. The summed E-state index contributed by atoms with van der Waals surface area (Å²) in [5.74, 6) is -2.19. The second-order valence-corrected chi connectivity index (χ2v) is 9.83. The second kappa shape index (κ2) is 11.9. The van der Waals surface area contributed by atoms with Crippen LogP contribution in [0.4, 0.5) is 19.0 Å². The van der Waals surface area contributed by atoms with Gasteiger partial charge in [0.1, 0.15) is 17.7 Å². The van der Waals surface area contributed by atoms with Crippen molar-refractivity contribution in [3.05, 3.63) is 35.0 Å².